The van der Waals surface area contributed by atoms with E-state index >= 15 is 0 Å². The fraction of sp³-hybridized carbons (Fsp3) is 0.316. The number of carbonyl (C=O) groups is 2. The minimum atomic E-state index is -0.629. The van der Waals surface area contributed by atoms with Gasteiger partial charge in [-0.3, -0.25) is 19.6 Å². The smallest absolute Gasteiger partial charge is 0.291 e. The summed E-state index contributed by atoms with van der Waals surface area (Å²) >= 11 is 1.58. The van der Waals surface area contributed by atoms with Gasteiger partial charge in [-0.15, -0.1) is 16.4 Å². The van der Waals surface area contributed by atoms with Crippen molar-refractivity contribution in [3.05, 3.63) is 57.4 Å². The van der Waals surface area contributed by atoms with Crippen LogP contribution >= 0.6 is 11.3 Å². The molecule has 1 aliphatic heterocycles. The minimum absolute atomic E-state index is 0.0365. The zero-order valence-electron chi connectivity index (χ0n) is 15.6. The average Bonchev–Trinajstić information content (AvgIpc) is 3.28. The van der Waals surface area contributed by atoms with E-state index in [1.165, 1.54) is 4.90 Å². The molecule has 0 spiro atoms. The minimum Gasteiger partial charge on any atom is -0.337 e. The molecule has 0 fully saturated rings. The first-order valence-corrected chi connectivity index (χ1v) is 9.83. The molecule has 1 unspecified atom stereocenters. The zero-order chi connectivity index (χ0) is 19.7. The van der Waals surface area contributed by atoms with Gasteiger partial charge in [0, 0.05) is 18.3 Å². The maximum Gasteiger partial charge on any atom is 0.291 e. The molecule has 28 heavy (non-hydrogen) atoms. The standard InChI is InChI=1S/C19H20N6O2S/c1-11-20-17-14(28-11)9-8-13(19(27)25(17)2)21-18(26)16-22-15(23-24-16)10-12-6-4-3-5-7-12/h3-7,13H,8-10H2,1-2H3,(H,21,26)(H,22,23,24). The highest BCUT2D eigenvalue weighted by atomic mass is 32.1. The number of hydrogen-bond acceptors (Lipinski definition) is 6. The van der Waals surface area contributed by atoms with Crippen molar-refractivity contribution in [2.75, 3.05) is 11.9 Å². The number of aryl methyl sites for hydroxylation is 2. The van der Waals surface area contributed by atoms with Gasteiger partial charge in [0.05, 0.1) is 5.01 Å². The number of thiazole rings is 1. The molecular formula is C19H20N6O2S. The van der Waals surface area contributed by atoms with Crippen LogP contribution < -0.4 is 10.2 Å². The molecule has 3 aromatic rings. The number of H-pyrrole nitrogens is 1. The van der Waals surface area contributed by atoms with Crippen molar-refractivity contribution in [3.63, 3.8) is 0 Å². The molecule has 0 saturated heterocycles. The predicted molar refractivity (Wildman–Crippen MR) is 105 cm³/mol. The molecule has 144 valence electrons. The fourth-order valence-corrected chi connectivity index (χ4v) is 4.22. The first-order valence-electron chi connectivity index (χ1n) is 9.01. The van der Waals surface area contributed by atoms with Gasteiger partial charge in [0.25, 0.3) is 11.8 Å². The summed E-state index contributed by atoms with van der Waals surface area (Å²) in [5, 5.41) is 10.5. The van der Waals surface area contributed by atoms with Crippen LogP contribution in [0.1, 0.15) is 38.3 Å². The summed E-state index contributed by atoms with van der Waals surface area (Å²) in [6, 6.07) is 9.17. The Morgan fingerprint density at radius 3 is 2.89 bits per heavy atom. The second-order valence-corrected chi connectivity index (χ2v) is 8.00. The van der Waals surface area contributed by atoms with E-state index in [0.29, 0.717) is 30.9 Å². The van der Waals surface area contributed by atoms with Crippen molar-refractivity contribution in [1.29, 1.82) is 0 Å². The van der Waals surface area contributed by atoms with Crippen LogP contribution in [0.25, 0.3) is 0 Å². The summed E-state index contributed by atoms with van der Waals surface area (Å²) in [7, 11) is 1.69. The number of likely N-dealkylation sites (N-methyl/N-ethyl adjacent to an activating group) is 1. The van der Waals surface area contributed by atoms with E-state index < -0.39 is 11.9 Å². The molecular weight excluding hydrogens is 376 g/mol. The maximum atomic E-state index is 12.8. The topological polar surface area (TPSA) is 104 Å². The molecule has 0 bridgehead atoms. The van der Waals surface area contributed by atoms with E-state index in [-0.39, 0.29) is 11.7 Å². The van der Waals surface area contributed by atoms with E-state index in [2.05, 4.69) is 25.5 Å². The maximum absolute atomic E-state index is 12.8. The van der Waals surface area contributed by atoms with Gasteiger partial charge in [-0.1, -0.05) is 30.3 Å². The molecule has 8 nitrogen and oxygen atoms in total. The molecule has 9 heteroatoms. The Bertz CT molecular complexity index is 1010. The summed E-state index contributed by atoms with van der Waals surface area (Å²) in [4.78, 5) is 36.6. The SMILES string of the molecule is Cc1nc2c(s1)CCC(NC(=O)c1n[nH]c(Cc3ccccc3)n1)C(=O)N2C. The molecule has 1 aromatic carbocycles. The Balaban J connectivity index is 1.44. The highest BCUT2D eigenvalue weighted by Gasteiger charge is 2.32. The molecule has 2 aromatic heterocycles. The van der Waals surface area contributed by atoms with Gasteiger partial charge >= 0.3 is 0 Å². The summed E-state index contributed by atoms with van der Waals surface area (Å²) in [5.41, 5.74) is 1.07. The van der Waals surface area contributed by atoms with Crippen molar-refractivity contribution in [2.24, 2.45) is 0 Å². The van der Waals surface area contributed by atoms with Crippen molar-refractivity contribution in [1.82, 2.24) is 25.5 Å². The molecule has 1 aliphatic rings. The number of amides is 2. The predicted octanol–water partition coefficient (Wildman–Crippen LogP) is 1.87. The largest absolute Gasteiger partial charge is 0.337 e. The Hall–Kier alpha value is -3.07. The van der Waals surface area contributed by atoms with E-state index in [0.717, 1.165) is 15.4 Å². The molecule has 1 atom stereocenters. The molecule has 0 radical (unpaired) electrons. The van der Waals surface area contributed by atoms with Crippen molar-refractivity contribution in [2.45, 2.75) is 32.2 Å². The lowest BCUT2D eigenvalue weighted by Crippen LogP contribution is -2.47. The number of fused-ring (bicyclic) bond motifs is 1. The van der Waals surface area contributed by atoms with E-state index in [1.54, 1.807) is 18.4 Å². The van der Waals surface area contributed by atoms with Gasteiger partial charge in [0.1, 0.15) is 17.7 Å². The fourth-order valence-electron chi connectivity index (χ4n) is 3.24. The Kier molecular flexibility index (Phi) is 4.91. The summed E-state index contributed by atoms with van der Waals surface area (Å²) < 4.78 is 0. The number of nitrogens with one attached hydrogen (secondary N) is 2. The highest BCUT2D eigenvalue weighted by Crippen LogP contribution is 2.30. The normalized spacial score (nSPS) is 16.6. The van der Waals surface area contributed by atoms with E-state index in [1.807, 2.05) is 37.3 Å². The molecule has 0 saturated carbocycles. The van der Waals surface area contributed by atoms with Gasteiger partial charge in [0.2, 0.25) is 5.82 Å². The van der Waals surface area contributed by atoms with Crippen LogP contribution in [-0.4, -0.2) is 45.1 Å². The van der Waals surface area contributed by atoms with Crippen LogP contribution in [0.2, 0.25) is 0 Å². The van der Waals surface area contributed by atoms with Gasteiger partial charge in [-0.25, -0.2) is 9.97 Å². The monoisotopic (exact) mass is 396 g/mol. The number of carbonyl (C=O) groups excluding carboxylic acids is 2. The first kappa shape index (κ1) is 18.3. The molecule has 4 rings (SSSR count). The lowest BCUT2D eigenvalue weighted by atomic mass is 10.1. The zero-order valence-corrected chi connectivity index (χ0v) is 16.4. The number of aromatic amines is 1. The number of anilines is 1. The molecule has 2 N–H and O–H groups in total. The van der Waals surface area contributed by atoms with E-state index in [4.69, 9.17) is 0 Å². The van der Waals surface area contributed by atoms with Crippen molar-refractivity contribution in [3.8, 4) is 0 Å². The quantitative estimate of drug-likeness (QED) is 0.701. The number of benzene rings is 1. The Morgan fingerprint density at radius 2 is 2.11 bits per heavy atom. The third-order valence-corrected chi connectivity index (χ3v) is 5.66. The Morgan fingerprint density at radius 1 is 1.32 bits per heavy atom. The number of hydrogen-bond donors (Lipinski definition) is 2. The third-order valence-electron chi connectivity index (χ3n) is 4.64. The Labute approximate surface area is 166 Å². The molecule has 3 heterocycles. The van der Waals surface area contributed by atoms with Gasteiger partial charge in [0.15, 0.2) is 0 Å². The number of nitrogens with zero attached hydrogens (tertiary/aromatic N) is 4. The lowest BCUT2D eigenvalue weighted by Gasteiger charge is -2.20. The van der Waals surface area contributed by atoms with Crippen LogP contribution in [0.15, 0.2) is 30.3 Å². The number of rotatable bonds is 4. The number of aromatic nitrogens is 4. The summed E-state index contributed by atoms with van der Waals surface area (Å²) in [6.07, 6.45) is 1.76. The van der Waals surface area contributed by atoms with Crippen LogP contribution in [0, 0.1) is 6.92 Å². The van der Waals surface area contributed by atoms with Gasteiger partial charge in [-0.05, 0) is 25.3 Å². The third kappa shape index (κ3) is 3.65. The van der Waals surface area contributed by atoms with Crippen LogP contribution in [0.4, 0.5) is 5.82 Å². The lowest BCUT2D eigenvalue weighted by molar-refractivity contribution is -0.120. The van der Waals surface area contributed by atoms with Crippen LogP contribution in [0.5, 0.6) is 0 Å². The highest BCUT2D eigenvalue weighted by molar-refractivity contribution is 7.12. The van der Waals surface area contributed by atoms with Gasteiger partial charge < -0.3 is 5.32 Å². The molecule has 0 aliphatic carbocycles. The van der Waals surface area contributed by atoms with Crippen LogP contribution in [0.3, 0.4) is 0 Å². The van der Waals surface area contributed by atoms with Crippen molar-refractivity contribution >= 4 is 29.0 Å². The molecule has 2 amide bonds. The van der Waals surface area contributed by atoms with Gasteiger partial charge in [-0.2, -0.15) is 0 Å². The van der Waals surface area contributed by atoms with Crippen LogP contribution in [-0.2, 0) is 17.6 Å². The second-order valence-electron chi connectivity index (χ2n) is 6.71. The van der Waals surface area contributed by atoms with Crippen molar-refractivity contribution < 1.29 is 9.59 Å². The summed E-state index contributed by atoms with van der Waals surface area (Å²) in [5.74, 6) is 0.679. The first-order chi connectivity index (χ1) is 13.5. The average molecular weight is 396 g/mol. The summed E-state index contributed by atoms with van der Waals surface area (Å²) in [6.45, 7) is 1.92. The van der Waals surface area contributed by atoms with E-state index in [9.17, 15) is 9.59 Å². The second kappa shape index (κ2) is 7.51.